The number of rotatable bonds is 2. The summed E-state index contributed by atoms with van der Waals surface area (Å²) in [5.41, 5.74) is 0.763. The lowest BCUT2D eigenvalue weighted by molar-refractivity contribution is -0.385. The normalized spacial score (nSPS) is 16.4. The highest BCUT2D eigenvalue weighted by Gasteiger charge is 2.28. The predicted octanol–water partition coefficient (Wildman–Crippen LogP) is 1.29. The van der Waals surface area contributed by atoms with Crippen molar-refractivity contribution in [1.29, 1.82) is 0 Å². The third-order valence-electron chi connectivity index (χ3n) is 3.45. The summed E-state index contributed by atoms with van der Waals surface area (Å²) in [5, 5.41) is 11.0. The number of carbonyl (C=O) groups is 1. The maximum Gasteiger partial charge on any atom is 0.282 e. The van der Waals surface area contributed by atoms with Gasteiger partial charge < -0.3 is 9.80 Å². The lowest BCUT2D eigenvalue weighted by Gasteiger charge is -2.32. The van der Waals surface area contributed by atoms with Crippen LogP contribution in [0, 0.1) is 17.0 Å². The Kier molecular flexibility index (Phi) is 3.80. The highest BCUT2D eigenvalue weighted by atomic mass is 16.6. The van der Waals surface area contributed by atoms with Gasteiger partial charge in [-0.15, -0.1) is 0 Å². The molecular formula is C13H17N3O3. The zero-order chi connectivity index (χ0) is 14.0. The number of hydrogen-bond acceptors (Lipinski definition) is 4. The van der Waals surface area contributed by atoms with Gasteiger partial charge in [-0.1, -0.05) is 12.1 Å². The van der Waals surface area contributed by atoms with Gasteiger partial charge in [0.2, 0.25) is 0 Å². The van der Waals surface area contributed by atoms with E-state index in [0.717, 1.165) is 13.1 Å². The largest absolute Gasteiger partial charge is 0.336 e. The Morgan fingerprint density at radius 3 is 2.47 bits per heavy atom. The molecule has 1 aliphatic heterocycles. The summed E-state index contributed by atoms with van der Waals surface area (Å²) in [6.07, 6.45) is 0. The number of likely N-dealkylation sites (N-methyl/N-ethyl adjacent to an activating group) is 1. The molecule has 1 aliphatic rings. The molecule has 0 atom stereocenters. The molecule has 2 rings (SSSR count). The zero-order valence-corrected chi connectivity index (χ0v) is 11.1. The van der Waals surface area contributed by atoms with Crippen LogP contribution < -0.4 is 0 Å². The topological polar surface area (TPSA) is 66.7 Å². The molecule has 1 aromatic rings. The number of aryl methyl sites for hydroxylation is 1. The third-order valence-corrected chi connectivity index (χ3v) is 3.45. The summed E-state index contributed by atoms with van der Waals surface area (Å²) in [6, 6.07) is 4.72. The second-order valence-electron chi connectivity index (χ2n) is 4.82. The number of carbonyl (C=O) groups excluding carboxylic acids is 1. The molecule has 1 aromatic carbocycles. The smallest absolute Gasteiger partial charge is 0.282 e. The van der Waals surface area contributed by atoms with Gasteiger partial charge in [0.25, 0.3) is 11.6 Å². The van der Waals surface area contributed by atoms with E-state index in [1.807, 2.05) is 7.05 Å². The molecule has 6 heteroatoms. The fourth-order valence-electron chi connectivity index (χ4n) is 2.25. The standard InChI is InChI=1S/C13H17N3O3/c1-10-4-3-5-11(16(18)19)12(10)13(17)15-8-6-14(2)7-9-15/h3-5H,6-9H2,1-2H3. The van der Waals surface area contributed by atoms with Crippen molar-refractivity contribution in [2.75, 3.05) is 33.2 Å². The van der Waals surface area contributed by atoms with E-state index >= 15 is 0 Å². The molecule has 0 saturated carbocycles. The maximum atomic E-state index is 12.5. The van der Waals surface area contributed by atoms with Crippen molar-refractivity contribution in [3.05, 3.63) is 39.4 Å². The van der Waals surface area contributed by atoms with Crippen LogP contribution in [0.2, 0.25) is 0 Å². The van der Waals surface area contributed by atoms with Crippen LogP contribution in [0.5, 0.6) is 0 Å². The van der Waals surface area contributed by atoms with Crippen LogP contribution in [0.4, 0.5) is 5.69 Å². The van der Waals surface area contributed by atoms with Crippen LogP contribution in [-0.4, -0.2) is 53.9 Å². The van der Waals surface area contributed by atoms with Crippen molar-refractivity contribution in [3.8, 4) is 0 Å². The number of nitro groups is 1. The number of piperazine rings is 1. The molecule has 102 valence electrons. The van der Waals surface area contributed by atoms with Crippen molar-refractivity contribution in [2.45, 2.75) is 6.92 Å². The average Bonchev–Trinajstić information content (AvgIpc) is 2.38. The fraction of sp³-hybridized carbons (Fsp3) is 0.462. The molecular weight excluding hydrogens is 246 g/mol. The van der Waals surface area contributed by atoms with E-state index in [1.165, 1.54) is 6.07 Å². The van der Waals surface area contributed by atoms with E-state index in [-0.39, 0.29) is 17.2 Å². The van der Waals surface area contributed by atoms with Gasteiger partial charge in [0.15, 0.2) is 0 Å². The SMILES string of the molecule is Cc1cccc([N+](=O)[O-])c1C(=O)N1CCN(C)CC1. The number of nitrogens with zero attached hydrogens (tertiary/aromatic N) is 3. The molecule has 0 spiro atoms. The average molecular weight is 263 g/mol. The zero-order valence-electron chi connectivity index (χ0n) is 11.1. The Morgan fingerprint density at radius 1 is 1.26 bits per heavy atom. The molecule has 1 amide bonds. The van der Waals surface area contributed by atoms with Gasteiger partial charge in [-0.3, -0.25) is 14.9 Å². The van der Waals surface area contributed by atoms with E-state index in [2.05, 4.69) is 4.90 Å². The van der Waals surface area contributed by atoms with Crippen molar-refractivity contribution < 1.29 is 9.72 Å². The molecule has 1 heterocycles. The highest BCUT2D eigenvalue weighted by molar-refractivity contribution is 5.99. The number of hydrogen-bond donors (Lipinski definition) is 0. The first-order chi connectivity index (χ1) is 9.00. The lowest BCUT2D eigenvalue weighted by atomic mass is 10.0. The minimum Gasteiger partial charge on any atom is -0.336 e. The van der Waals surface area contributed by atoms with Crippen LogP contribution in [0.15, 0.2) is 18.2 Å². The molecule has 1 fully saturated rings. The quantitative estimate of drug-likeness (QED) is 0.595. The Morgan fingerprint density at radius 2 is 1.89 bits per heavy atom. The molecule has 0 aliphatic carbocycles. The van der Waals surface area contributed by atoms with Gasteiger partial charge in [0.1, 0.15) is 5.56 Å². The van der Waals surface area contributed by atoms with Crippen LogP contribution in [0.1, 0.15) is 15.9 Å². The summed E-state index contributed by atoms with van der Waals surface area (Å²) in [7, 11) is 2.00. The molecule has 1 saturated heterocycles. The summed E-state index contributed by atoms with van der Waals surface area (Å²) in [5.74, 6) is -0.238. The Bertz CT molecular complexity index is 508. The second kappa shape index (κ2) is 5.36. The lowest BCUT2D eigenvalue weighted by Crippen LogP contribution is -2.47. The Balaban J connectivity index is 2.31. The molecule has 6 nitrogen and oxygen atoms in total. The minimum absolute atomic E-state index is 0.107. The summed E-state index contributed by atoms with van der Waals surface area (Å²) in [6.45, 7) is 4.55. The van der Waals surface area contributed by atoms with Crippen LogP contribution in [-0.2, 0) is 0 Å². The predicted molar refractivity (Wildman–Crippen MR) is 71.2 cm³/mol. The Labute approximate surface area is 111 Å². The van der Waals surface area contributed by atoms with Crippen LogP contribution >= 0.6 is 0 Å². The van der Waals surface area contributed by atoms with E-state index in [0.29, 0.717) is 18.7 Å². The van der Waals surface area contributed by atoms with Crippen molar-refractivity contribution >= 4 is 11.6 Å². The molecule has 0 unspecified atom stereocenters. The highest BCUT2D eigenvalue weighted by Crippen LogP contribution is 2.23. The number of benzene rings is 1. The first-order valence-electron chi connectivity index (χ1n) is 6.22. The third kappa shape index (κ3) is 2.73. The van der Waals surface area contributed by atoms with E-state index in [9.17, 15) is 14.9 Å². The monoisotopic (exact) mass is 263 g/mol. The second-order valence-corrected chi connectivity index (χ2v) is 4.82. The molecule has 0 aromatic heterocycles. The van der Waals surface area contributed by atoms with E-state index < -0.39 is 4.92 Å². The first-order valence-corrected chi connectivity index (χ1v) is 6.22. The maximum absolute atomic E-state index is 12.5. The molecule has 0 bridgehead atoms. The van der Waals surface area contributed by atoms with E-state index in [1.54, 1.807) is 24.0 Å². The molecule has 0 N–H and O–H groups in total. The van der Waals surface area contributed by atoms with Crippen molar-refractivity contribution in [2.24, 2.45) is 0 Å². The summed E-state index contributed by atoms with van der Waals surface area (Å²) < 4.78 is 0. The van der Waals surface area contributed by atoms with Gasteiger partial charge in [-0.25, -0.2) is 0 Å². The van der Waals surface area contributed by atoms with Crippen LogP contribution in [0.3, 0.4) is 0 Å². The van der Waals surface area contributed by atoms with Crippen molar-refractivity contribution in [1.82, 2.24) is 9.80 Å². The van der Waals surface area contributed by atoms with Gasteiger partial charge >= 0.3 is 0 Å². The van der Waals surface area contributed by atoms with Gasteiger partial charge in [-0.2, -0.15) is 0 Å². The number of nitro benzene ring substituents is 1. The molecule has 19 heavy (non-hydrogen) atoms. The fourth-order valence-corrected chi connectivity index (χ4v) is 2.25. The van der Waals surface area contributed by atoms with Gasteiger partial charge in [-0.05, 0) is 19.5 Å². The van der Waals surface area contributed by atoms with Gasteiger partial charge in [0, 0.05) is 32.2 Å². The minimum atomic E-state index is -0.490. The first kappa shape index (κ1) is 13.5. The van der Waals surface area contributed by atoms with Crippen molar-refractivity contribution in [3.63, 3.8) is 0 Å². The summed E-state index contributed by atoms with van der Waals surface area (Å²) in [4.78, 5) is 26.8. The van der Waals surface area contributed by atoms with Gasteiger partial charge in [0.05, 0.1) is 4.92 Å². The summed E-state index contributed by atoms with van der Waals surface area (Å²) >= 11 is 0. The number of amides is 1. The Hall–Kier alpha value is -1.95. The van der Waals surface area contributed by atoms with Crippen LogP contribution in [0.25, 0.3) is 0 Å². The molecule has 0 radical (unpaired) electrons. The van der Waals surface area contributed by atoms with E-state index in [4.69, 9.17) is 0 Å².